The van der Waals surface area contributed by atoms with E-state index in [9.17, 15) is 0 Å². The van der Waals surface area contributed by atoms with E-state index >= 15 is 0 Å². The molecule has 1 aliphatic heterocycles. The van der Waals surface area contributed by atoms with Crippen molar-refractivity contribution in [3.63, 3.8) is 0 Å². The number of nitrogens with zero attached hydrogens (tertiary/aromatic N) is 4. The highest BCUT2D eigenvalue weighted by molar-refractivity contribution is 5.58. The second-order valence-corrected chi connectivity index (χ2v) is 5.52. The monoisotopic (exact) mass is 295 g/mol. The van der Waals surface area contributed by atoms with E-state index in [1.54, 1.807) is 6.33 Å². The van der Waals surface area contributed by atoms with Crippen LogP contribution in [0.15, 0.2) is 47.2 Å². The summed E-state index contributed by atoms with van der Waals surface area (Å²) in [6, 6.07) is 12.4. The van der Waals surface area contributed by atoms with E-state index < -0.39 is 0 Å². The first-order valence-corrected chi connectivity index (χ1v) is 7.49. The van der Waals surface area contributed by atoms with Crippen LogP contribution in [0, 0.1) is 0 Å². The lowest BCUT2D eigenvalue weighted by molar-refractivity contribution is 0.325. The maximum atomic E-state index is 5.42. The van der Waals surface area contributed by atoms with Gasteiger partial charge in [0.25, 0.3) is 0 Å². The Labute approximate surface area is 128 Å². The maximum Gasteiger partial charge on any atom is 0.151 e. The van der Waals surface area contributed by atoms with Gasteiger partial charge < -0.3 is 9.84 Å². The first-order chi connectivity index (χ1) is 10.9. The number of nitrogens with one attached hydrogen (secondary N) is 1. The van der Waals surface area contributed by atoms with E-state index in [0.717, 1.165) is 42.2 Å². The molecule has 0 amide bonds. The normalized spacial score (nSPS) is 17.4. The molecule has 0 fully saturated rings. The molecule has 1 N–H and O–H groups in total. The van der Waals surface area contributed by atoms with E-state index in [2.05, 4.69) is 20.6 Å². The molecule has 1 aliphatic rings. The van der Waals surface area contributed by atoms with Crippen LogP contribution >= 0.6 is 0 Å². The minimum absolute atomic E-state index is 0.388. The van der Waals surface area contributed by atoms with Crippen LogP contribution < -0.4 is 5.32 Å². The van der Waals surface area contributed by atoms with Crippen LogP contribution in [0.4, 0.5) is 0 Å². The quantitative estimate of drug-likeness (QED) is 0.797. The zero-order valence-corrected chi connectivity index (χ0v) is 12.1. The minimum atomic E-state index is 0.388. The molecule has 2 aromatic heterocycles. The van der Waals surface area contributed by atoms with Crippen molar-refractivity contribution in [2.45, 2.75) is 32.0 Å². The predicted octanol–water partition coefficient (Wildman–Crippen LogP) is 2.04. The Morgan fingerprint density at radius 1 is 1.27 bits per heavy atom. The van der Waals surface area contributed by atoms with Gasteiger partial charge in [0, 0.05) is 24.1 Å². The van der Waals surface area contributed by atoms with Gasteiger partial charge >= 0.3 is 0 Å². The lowest BCUT2D eigenvalue weighted by Gasteiger charge is -2.23. The predicted molar refractivity (Wildman–Crippen MR) is 80.9 cm³/mol. The lowest BCUT2D eigenvalue weighted by Crippen LogP contribution is -2.37. The number of aromatic nitrogens is 4. The van der Waals surface area contributed by atoms with Crippen molar-refractivity contribution in [3.05, 3.63) is 54.3 Å². The van der Waals surface area contributed by atoms with Crippen LogP contribution in [-0.4, -0.2) is 26.0 Å². The summed E-state index contributed by atoms with van der Waals surface area (Å²) in [5.74, 6) is 1.92. The van der Waals surface area contributed by atoms with Gasteiger partial charge in [-0.2, -0.15) is 5.10 Å². The lowest BCUT2D eigenvalue weighted by atomic mass is 10.1. The Kier molecular flexibility index (Phi) is 3.44. The van der Waals surface area contributed by atoms with Crippen molar-refractivity contribution < 1.29 is 4.52 Å². The Bertz CT molecular complexity index is 749. The Balaban J connectivity index is 1.38. The molecular formula is C16H17N5O. The SMILES string of the molecule is c1ccc(-c2cc(CN[C@H]3CCc4ncnn4C3)on2)cc1. The average molecular weight is 295 g/mol. The molecule has 4 rings (SSSR count). The van der Waals surface area contributed by atoms with Gasteiger partial charge in [-0.25, -0.2) is 9.67 Å². The van der Waals surface area contributed by atoms with Crippen LogP contribution in [0.25, 0.3) is 11.3 Å². The Hall–Kier alpha value is -2.47. The number of aryl methyl sites for hydroxylation is 1. The van der Waals surface area contributed by atoms with Crippen molar-refractivity contribution in [1.29, 1.82) is 0 Å². The average Bonchev–Trinajstić information content (AvgIpc) is 3.22. The summed E-state index contributed by atoms with van der Waals surface area (Å²) in [5, 5.41) is 11.9. The molecular weight excluding hydrogens is 278 g/mol. The van der Waals surface area contributed by atoms with Crippen LogP contribution in [0.3, 0.4) is 0 Å². The molecule has 3 aromatic rings. The second-order valence-electron chi connectivity index (χ2n) is 5.52. The standard InChI is InChI=1S/C16H17N5O/c1-2-4-12(5-3-1)15-8-14(22-20-15)9-17-13-6-7-16-18-11-19-21(16)10-13/h1-5,8,11,13,17H,6-7,9-10H2/t13-/m0/s1. The van der Waals surface area contributed by atoms with Gasteiger partial charge in [-0.1, -0.05) is 35.5 Å². The summed E-state index contributed by atoms with van der Waals surface area (Å²) >= 11 is 0. The fraction of sp³-hybridized carbons (Fsp3) is 0.312. The molecule has 0 unspecified atom stereocenters. The molecule has 0 aliphatic carbocycles. The third-order valence-corrected chi connectivity index (χ3v) is 4.00. The summed E-state index contributed by atoms with van der Waals surface area (Å²) in [4.78, 5) is 4.24. The van der Waals surface area contributed by atoms with Crippen molar-refractivity contribution in [2.75, 3.05) is 0 Å². The summed E-state index contributed by atoms with van der Waals surface area (Å²) < 4.78 is 7.39. The molecule has 0 bridgehead atoms. The number of hydrogen-bond donors (Lipinski definition) is 1. The third-order valence-electron chi connectivity index (χ3n) is 4.00. The molecule has 6 nitrogen and oxygen atoms in total. The van der Waals surface area contributed by atoms with E-state index in [-0.39, 0.29) is 0 Å². The van der Waals surface area contributed by atoms with Gasteiger partial charge in [-0.3, -0.25) is 0 Å². The Morgan fingerprint density at radius 2 is 2.18 bits per heavy atom. The van der Waals surface area contributed by atoms with Gasteiger partial charge in [0.15, 0.2) is 5.76 Å². The molecule has 0 spiro atoms. The second kappa shape index (κ2) is 5.73. The van der Waals surface area contributed by atoms with Crippen LogP contribution in [0.5, 0.6) is 0 Å². The van der Waals surface area contributed by atoms with Crippen molar-refractivity contribution in [2.24, 2.45) is 0 Å². The van der Waals surface area contributed by atoms with E-state index in [4.69, 9.17) is 4.52 Å². The molecule has 22 heavy (non-hydrogen) atoms. The zero-order valence-electron chi connectivity index (χ0n) is 12.1. The molecule has 1 atom stereocenters. The number of hydrogen-bond acceptors (Lipinski definition) is 5. The van der Waals surface area contributed by atoms with E-state index in [1.807, 2.05) is 41.1 Å². The van der Waals surface area contributed by atoms with Gasteiger partial charge in [0.2, 0.25) is 0 Å². The van der Waals surface area contributed by atoms with Crippen LogP contribution in [-0.2, 0) is 19.5 Å². The molecule has 0 saturated carbocycles. The number of fused-ring (bicyclic) bond motifs is 1. The number of rotatable bonds is 4. The largest absolute Gasteiger partial charge is 0.359 e. The third kappa shape index (κ3) is 2.65. The van der Waals surface area contributed by atoms with Gasteiger partial charge in [0.1, 0.15) is 17.8 Å². The fourth-order valence-electron chi connectivity index (χ4n) is 2.79. The molecule has 6 heteroatoms. The van der Waals surface area contributed by atoms with Crippen LogP contribution in [0.2, 0.25) is 0 Å². The summed E-state index contributed by atoms with van der Waals surface area (Å²) in [6.07, 6.45) is 3.65. The smallest absolute Gasteiger partial charge is 0.151 e. The van der Waals surface area contributed by atoms with Gasteiger partial charge in [-0.05, 0) is 6.42 Å². The van der Waals surface area contributed by atoms with E-state index in [0.29, 0.717) is 12.6 Å². The molecule has 0 radical (unpaired) electrons. The molecule has 0 saturated heterocycles. The van der Waals surface area contributed by atoms with Gasteiger partial charge in [-0.15, -0.1) is 0 Å². The summed E-state index contributed by atoms with van der Waals surface area (Å²) in [5.41, 5.74) is 1.95. The highest BCUT2D eigenvalue weighted by Crippen LogP contribution is 2.19. The summed E-state index contributed by atoms with van der Waals surface area (Å²) in [7, 11) is 0. The van der Waals surface area contributed by atoms with Crippen molar-refractivity contribution >= 4 is 0 Å². The molecule has 1 aromatic carbocycles. The zero-order chi connectivity index (χ0) is 14.8. The maximum absolute atomic E-state index is 5.42. The Morgan fingerprint density at radius 3 is 3.09 bits per heavy atom. The highest BCUT2D eigenvalue weighted by atomic mass is 16.5. The van der Waals surface area contributed by atoms with Crippen molar-refractivity contribution in [1.82, 2.24) is 25.2 Å². The summed E-state index contributed by atoms with van der Waals surface area (Å²) in [6.45, 7) is 1.53. The van der Waals surface area contributed by atoms with Gasteiger partial charge in [0.05, 0.1) is 13.1 Å². The molecule has 3 heterocycles. The van der Waals surface area contributed by atoms with Crippen LogP contribution in [0.1, 0.15) is 18.0 Å². The minimum Gasteiger partial charge on any atom is -0.359 e. The first kappa shape index (κ1) is 13.2. The van der Waals surface area contributed by atoms with Crippen molar-refractivity contribution in [3.8, 4) is 11.3 Å². The first-order valence-electron chi connectivity index (χ1n) is 7.49. The fourth-order valence-corrected chi connectivity index (χ4v) is 2.79. The van der Waals surface area contributed by atoms with E-state index in [1.165, 1.54) is 0 Å². The topological polar surface area (TPSA) is 68.8 Å². The highest BCUT2D eigenvalue weighted by Gasteiger charge is 2.19. The number of benzene rings is 1. The molecule has 112 valence electrons.